The fourth-order valence-corrected chi connectivity index (χ4v) is 6.00. The molecule has 8 nitrogen and oxygen atoms in total. The summed E-state index contributed by atoms with van der Waals surface area (Å²) in [5, 5.41) is 18.2. The first-order valence-electron chi connectivity index (χ1n) is 16.2. The lowest BCUT2D eigenvalue weighted by Crippen LogP contribution is -2.41. The number of hydrogen-bond acceptors (Lipinski definition) is 7. The number of amides is 1. The van der Waals surface area contributed by atoms with E-state index in [0.717, 1.165) is 80.5 Å². The van der Waals surface area contributed by atoms with Crippen molar-refractivity contribution in [1.29, 1.82) is 0 Å². The minimum absolute atomic E-state index is 0.109. The van der Waals surface area contributed by atoms with Crippen molar-refractivity contribution in [2.45, 2.75) is 83.4 Å². The van der Waals surface area contributed by atoms with Gasteiger partial charge in [-0.15, -0.1) is 0 Å². The Balaban J connectivity index is 0.000000186. The lowest BCUT2D eigenvalue weighted by Gasteiger charge is -2.36. The number of benzene rings is 2. The molecule has 0 spiro atoms. The van der Waals surface area contributed by atoms with Crippen molar-refractivity contribution in [2.24, 2.45) is 0 Å². The van der Waals surface area contributed by atoms with E-state index in [0.29, 0.717) is 12.8 Å². The number of fused-ring (bicyclic) bond motifs is 1. The van der Waals surface area contributed by atoms with Crippen LogP contribution in [0.5, 0.6) is 0 Å². The molecule has 2 aromatic carbocycles. The van der Waals surface area contributed by atoms with Crippen molar-refractivity contribution in [3.8, 4) is 0 Å². The molecule has 3 aliphatic rings. The van der Waals surface area contributed by atoms with Crippen molar-refractivity contribution < 1.29 is 19.8 Å². The maximum absolute atomic E-state index is 10.9. The van der Waals surface area contributed by atoms with E-state index in [4.69, 9.17) is 21.8 Å². The number of anilines is 2. The number of likely N-dealkylation sites (tertiary alicyclic amines) is 1. The van der Waals surface area contributed by atoms with E-state index in [1.807, 2.05) is 32.3 Å². The van der Waals surface area contributed by atoms with Crippen LogP contribution < -0.4 is 9.80 Å². The largest absolute Gasteiger partial charge is 0.394 e. The highest BCUT2D eigenvalue weighted by atomic mass is 35.5. The molecule has 1 unspecified atom stereocenters. The first-order chi connectivity index (χ1) is 21.3. The standard InChI is InChI=1S/C15H20ClNO.C12H14N2O.C8H19NO2/c1-12-9-13(5-4-8-18)15(16)10-14(12)11-17-6-2-3-7-17;15-9-13-7-8-14(10-5-6-10)12-4-2-1-3-11(12)13;1-9(2)6-4-3-5-8(11)7-10/h8-10H,2-7,11H2,1H3;1-4,9-10H,5-8H2;8,10-11H,3-7H2,1-2H3. The summed E-state index contributed by atoms with van der Waals surface area (Å²) in [6.07, 6.45) is 10.7. The highest BCUT2D eigenvalue weighted by molar-refractivity contribution is 6.31. The minimum atomic E-state index is -0.517. The molecular weight excluding hydrogens is 576 g/mol. The molecule has 0 aromatic heterocycles. The molecule has 1 amide bonds. The number of para-hydroxylation sites is 2. The fourth-order valence-electron chi connectivity index (χ4n) is 5.72. The van der Waals surface area contributed by atoms with Crippen LogP contribution in [0.25, 0.3) is 0 Å². The van der Waals surface area contributed by atoms with Gasteiger partial charge in [0.05, 0.1) is 24.1 Å². The zero-order chi connectivity index (χ0) is 31.9. The van der Waals surface area contributed by atoms with Crippen LogP contribution in [0.1, 0.15) is 68.1 Å². The maximum atomic E-state index is 10.9. The second-order valence-electron chi connectivity index (χ2n) is 12.4. The van der Waals surface area contributed by atoms with Gasteiger partial charge in [0.15, 0.2) is 0 Å². The maximum Gasteiger partial charge on any atom is 0.214 e. The smallest absolute Gasteiger partial charge is 0.214 e. The Morgan fingerprint density at radius 1 is 1.00 bits per heavy atom. The summed E-state index contributed by atoms with van der Waals surface area (Å²) in [6.45, 7) is 8.26. The number of aliphatic hydroxyl groups excluding tert-OH is 2. The summed E-state index contributed by atoms with van der Waals surface area (Å²) in [5.74, 6) is 0. The van der Waals surface area contributed by atoms with Gasteiger partial charge in [-0.25, -0.2) is 0 Å². The molecule has 1 atom stereocenters. The molecule has 1 saturated heterocycles. The minimum Gasteiger partial charge on any atom is -0.394 e. The monoisotopic (exact) mass is 628 g/mol. The summed E-state index contributed by atoms with van der Waals surface area (Å²) in [5.41, 5.74) is 5.97. The van der Waals surface area contributed by atoms with Crippen LogP contribution in [0.15, 0.2) is 36.4 Å². The molecule has 2 fully saturated rings. The van der Waals surface area contributed by atoms with Crippen molar-refractivity contribution in [3.05, 3.63) is 58.1 Å². The molecule has 1 saturated carbocycles. The van der Waals surface area contributed by atoms with Crippen molar-refractivity contribution in [2.75, 3.05) is 63.2 Å². The predicted octanol–water partition coefficient (Wildman–Crippen LogP) is 5.08. The van der Waals surface area contributed by atoms with E-state index < -0.39 is 6.10 Å². The summed E-state index contributed by atoms with van der Waals surface area (Å²) < 4.78 is 0. The van der Waals surface area contributed by atoms with Gasteiger partial charge in [-0.1, -0.05) is 29.8 Å². The molecule has 0 radical (unpaired) electrons. The quantitative estimate of drug-likeness (QED) is 0.236. The first kappa shape index (κ1) is 36.0. The van der Waals surface area contributed by atoms with Crippen LogP contribution in [0.3, 0.4) is 0 Å². The van der Waals surface area contributed by atoms with Crippen LogP contribution in [-0.2, 0) is 22.6 Å². The molecule has 244 valence electrons. The molecule has 2 N–H and O–H groups in total. The Morgan fingerprint density at radius 3 is 2.32 bits per heavy atom. The number of carbonyl (C=O) groups excluding carboxylic acids is 2. The van der Waals surface area contributed by atoms with E-state index >= 15 is 0 Å². The average Bonchev–Trinajstić information content (AvgIpc) is 3.75. The van der Waals surface area contributed by atoms with Crippen LogP contribution in [-0.4, -0.2) is 98.3 Å². The number of nitrogens with zero attached hydrogens (tertiary/aromatic N) is 4. The number of aryl methyl sites for hydroxylation is 2. The fraction of sp³-hybridized carbons (Fsp3) is 0.600. The van der Waals surface area contributed by atoms with Gasteiger partial charge in [0, 0.05) is 37.1 Å². The zero-order valence-electron chi connectivity index (χ0n) is 27.0. The highest BCUT2D eigenvalue weighted by Crippen LogP contribution is 2.39. The number of carbonyl (C=O) groups is 2. The average molecular weight is 629 g/mol. The van der Waals surface area contributed by atoms with Gasteiger partial charge in [0.2, 0.25) is 6.41 Å². The number of aliphatic hydroxyl groups is 2. The van der Waals surface area contributed by atoms with E-state index in [9.17, 15) is 9.59 Å². The zero-order valence-corrected chi connectivity index (χ0v) is 27.7. The summed E-state index contributed by atoms with van der Waals surface area (Å²) in [4.78, 5) is 30.2. The van der Waals surface area contributed by atoms with E-state index in [1.165, 1.54) is 55.6 Å². The lowest BCUT2D eigenvalue weighted by molar-refractivity contribution is -0.108. The molecule has 9 heteroatoms. The lowest BCUT2D eigenvalue weighted by atomic mass is 10.0. The number of rotatable bonds is 13. The Morgan fingerprint density at radius 2 is 1.70 bits per heavy atom. The molecule has 5 rings (SSSR count). The van der Waals surface area contributed by atoms with Crippen LogP contribution in [0, 0.1) is 6.92 Å². The number of hydrogen-bond donors (Lipinski definition) is 2. The third-order valence-corrected chi connectivity index (χ3v) is 8.78. The first-order valence-corrected chi connectivity index (χ1v) is 16.6. The second-order valence-corrected chi connectivity index (χ2v) is 12.8. The van der Waals surface area contributed by atoms with Gasteiger partial charge in [-0.2, -0.15) is 0 Å². The Kier molecular flexibility index (Phi) is 15.6. The number of unbranched alkanes of at least 4 members (excludes halogenated alkanes) is 1. The van der Waals surface area contributed by atoms with E-state index in [-0.39, 0.29) is 6.61 Å². The van der Waals surface area contributed by atoms with Crippen molar-refractivity contribution in [3.63, 3.8) is 0 Å². The van der Waals surface area contributed by atoms with Gasteiger partial charge in [-0.3, -0.25) is 9.69 Å². The van der Waals surface area contributed by atoms with Crippen LogP contribution in [0.2, 0.25) is 5.02 Å². The molecule has 2 aliphatic heterocycles. The normalized spacial score (nSPS) is 16.9. The number of aldehydes is 1. The van der Waals surface area contributed by atoms with Gasteiger partial charge in [0.25, 0.3) is 0 Å². The van der Waals surface area contributed by atoms with E-state index in [2.05, 4.69) is 39.8 Å². The van der Waals surface area contributed by atoms with Gasteiger partial charge >= 0.3 is 0 Å². The molecular formula is C35H53ClN4O4. The topological polar surface area (TPSA) is 87.6 Å². The Labute approximate surface area is 269 Å². The Bertz CT molecular complexity index is 1150. The molecule has 1 aliphatic carbocycles. The Hall–Kier alpha value is -2.49. The highest BCUT2D eigenvalue weighted by Gasteiger charge is 2.33. The summed E-state index contributed by atoms with van der Waals surface area (Å²) in [6, 6.07) is 13.1. The third kappa shape index (κ3) is 11.8. The van der Waals surface area contributed by atoms with Crippen LogP contribution in [0.4, 0.5) is 11.4 Å². The van der Waals surface area contributed by atoms with E-state index in [1.54, 1.807) is 4.90 Å². The molecule has 2 aromatic rings. The van der Waals surface area contributed by atoms with Gasteiger partial charge in [0.1, 0.15) is 6.29 Å². The molecule has 44 heavy (non-hydrogen) atoms. The molecule has 0 bridgehead atoms. The SMILES string of the molecule is CN(C)CCCCC(O)CO.Cc1cc(CCC=O)c(Cl)cc1CN1CCCC1.O=CN1CCN(C2CC2)c2ccccc21. The van der Waals surface area contributed by atoms with Crippen molar-refractivity contribution in [1.82, 2.24) is 9.80 Å². The molecule has 2 heterocycles. The number of halogens is 1. The third-order valence-electron chi connectivity index (χ3n) is 8.43. The summed E-state index contributed by atoms with van der Waals surface area (Å²) >= 11 is 6.29. The van der Waals surface area contributed by atoms with Gasteiger partial charge in [-0.05, 0) is 127 Å². The second kappa shape index (κ2) is 19.1. The summed E-state index contributed by atoms with van der Waals surface area (Å²) in [7, 11) is 4.06. The predicted molar refractivity (Wildman–Crippen MR) is 181 cm³/mol. The van der Waals surface area contributed by atoms with Crippen LogP contribution >= 0.6 is 11.6 Å². The van der Waals surface area contributed by atoms with Crippen molar-refractivity contribution >= 4 is 35.7 Å². The van der Waals surface area contributed by atoms with Gasteiger partial charge < -0.3 is 29.7 Å².